The summed E-state index contributed by atoms with van der Waals surface area (Å²) in [6.45, 7) is 3.97. The van der Waals surface area contributed by atoms with Crippen molar-refractivity contribution < 1.29 is 14.7 Å². The second-order valence-corrected chi connectivity index (χ2v) is 7.22. The van der Waals surface area contributed by atoms with Gasteiger partial charge in [0.2, 0.25) is 5.91 Å². The molecular weight excluding hydrogens is 338 g/mol. The minimum absolute atomic E-state index is 0.00258. The summed E-state index contributed by atoms with van der Waals surface area (Å²) in [5, 5.41) is 10.5. The molecular formula is C20H26ClNO3. The Balaban J connectivity index is 2.27. The molecule has 0 spiro atoms. The van der Waals surface area contributed by atoms with Crippen LogP contribution in [0.15, 0.2) is 24.3 Å². The minimum Gasteiger partial charge on any atom is -0.481 e. The molecule has 1 N–H and O–H groups in total. The van der Waals surface area contributed by atoms with Crippen molar-refractivity contribution in [1.82, 2.24) is 4.57 Å². The summed E-state index contributed by atoms with van der Waals surface area (Å²) in [6.07, 6.45) is 5.60. The van der Waals surface area contributed by atoms with E-state index in [4.69, 9.17) is 16.7 Å². The molecule has 0 radical (unpaired) electrons. The smallest absolute Gasteiger partial charge is 0.303 e. The molecule has 0 aliphatic heterocycles. The highest BCUT2D eigenvalue weighted by atomic mass is 35.5. The van der Waals surface area contributed by atoms with Crippen molar-refractivity contribution in [2.24, 2.45) is 5.92 Å². The number of carboxylic acid groups (broad SMARTS) is 1. The predicted molar refractivity (Wildman–Crippen MR) is 101 cm³/mol. The Hall–Kier alpha value is -1.81. The Morgan fingerprint density at radius 2 is 1.92 bits per heavy atom. The monoisotopic (exact) mass is 363 g/mol. The van der Waals surface area contributed by atoms with Gasteiger partial charge in [-0.15, -0.1) is 0 Å². The van der Waals surface area contributed by atoms with Crippen LogP contribution in [0.5, 0.6) is 0 Å². The fraction of sp³-hybridized carbons (Fsp3) is 0.500. The predicted octanol–water partition coefficient (Wildman–Crippen LogP) is 5.56. The van der Waals surface area contributed by atoms with Crippen molar-refractivity contribution in [3.05, 3.63) is 35.0 Å². The third-order valence-electron chi connectivity index (χ3n) is 4.42. The zero-order valence-corrected chi connectivity index (χ0v) is 15.7. The molecule has 1 heterocycles. The Morgan fingerprint density at radius 3 is 2.60 bits per heavy atom. The molecule has 1 aromatic heterocycles. The summed E-state index contributed by atoms with van der Waals surface area (Å²) in [5.74, 6) is -1.11. The van der Waals surface area contributed by atoms with Gasteiger partial charge in [0.25, 0.3) is 0 Å². The molecule has 0 aliphatic carbocycles. The molecule has 136 valence electrons. The molecule has 4 nitrogen and oxygen atoms in total. The molecule has 2 aromatic rings. The zero-order chi connectivity index (χ0) is 18.4. The maximum atomic E-state index is 12.8. The first-order valence-electron chi connectivity index (χ1n) is 8.97. The molecule has 0 unspecified atom stereocenters. The first-order chi connectivity index (χ1) is 11.9. The number of hydrogen-bond acceptors (Lipinski definition) is 2. The molecule has 0 fully saturated rings. The normalized spacial score (nSPS) is 12.4. The van der Waals surface area contributed by atoms with Crippen molar-refractivity contribution in [1.29, 1.82) is 0 Å². The Morgan fingerprint density at radius 1 is 1.16 bits per heavy atom. The van der Waals surface area contributed by atoms with Crippen molar-refractivity contribution in [2.75, 3.05) is 0 Å². The third kappa shape index (κ3) is 5.33. The lowest BCUT2D eigenvalue weighted by molar-refractivity contribution is -0.137. The van der Waals surface area contributed by atoms with E-state index in [-0.39, 0.29) is 24.7 Å². The van der Waals surface area contributed by atoms with Gasteiger partial charge in [-0.2, -0.15) is 0 Å². The van der Waals surface area contributed by atoms with Gasteiger partial charge in [-0.1, -0.05) is 44.7 Å². The summed E-state index contributed by atoms with van der Waals surface area (Å²) in [5.41, 5.74) is 1.84. The van der Waals surface area contributed by atoms with Crippen LogP contribution in [0.3, 0.4) is 0 Å². The van der Waals surface area contributed by atoms with E-state index in [0.29, 0.717) is 5.02 Å². The van der Waals surface area contributed by atoms with Gasteiger partial charge in [0.05, 0.1) is 5.52 Å². The number of halogens is 1. The SMILES string of the molecule is CCCCCCc1cc2cc(Cl)ccc2n1C(=O)C[C@H](C)CC(=O)O. The van der Waals surface area contributed by atoms with E-state index in [1.165, 1.54) is 12.8 Å². The standard InChI is InChI=1S/C20H26ClNO3/c1-3-4-5-6-7-17-13-15-12-16(21)8-9-18(15)22(17)19(23)10-14(2)11-20(24)25/h8-9,12-14H,3-7,10-11H2,1-2H3,(H,24,25)/t14-/m0/s1. The fourth-order valence-corrected chi connectivity index (χ4v) is 3.39. The first kappa shape index (κ1) is 19.5. The minimum atomic E-state index is -0.871. The van der Waals surface area contributed by atoms with E-state index in [1.807, 2.05) is 18.2 Å². The van der Waals surface area contributed by atoms with Crippen LogP contribution in [0.25, 0.3) is 10.9 Å². The lowest BCUT2D eigenvalue weighted by atomic mass is 10.0. The number of aromatic nitrogens is 1. The van der Waals surface area contributed by atoms with E-state index in [2.05, 4.69) is 6.92 Å². The second-order valence-electron chi connectivity index (χ2n) is 6.79. The number of fused-ring (bicyclic) bond motifs is 1. The molecule has 25 heavy (non-hydrogen) atoms. The van der Waals surface area contributed by atoms with E-state index in [9.17, 15) is 9.59 Å². The highest BCUT2D eigenvalue weighted by Gasteiger charge is 2.19. The van der Waals surface area contributed by atoms with Crippen molar-refractivity contribution >= 4 is 34.4 Å². The number of rotatable bonds is 9. The number of aryl methyl sites for hydroxylation is 1. The number of aliphatic carboxylic acids is 1. The Labute approximate surface area is 153 Å². The van der Waals surface area contributed by atoms with Crippen LogP contribution in [-0.2, 0) is 11.2 Å². The average molecular weight is 364 g/mol. The van der Waals surface area contributed by atoms with E-state index >= 15 is 0 Å². The van der Waals surface area contributed by atoms with Gasteiger partial charge in [-0.3, -0.25) is 14.2 Å². The van der Waals surface area contributed by atoms with Crippen LogP contribution >= 0.6 is 11.6 Å². The van der Waals surface area contributed by atoms with E-state index in [1.54, 1.807) is 17.6 Å². The highest BCUT2D eigenvalue weighted by Crippen LogP contribution is 2.26. The zero-order valence-electron chi connectivity index (χ0n) is 14.9. The lowest BCUT2D eigenvalue weighted by Gasteiger charge is -2.13. The maximum absolute atomic E-state index is 12.8. The Bertz CT molecular complexity index is 751. The molecule has 0 saturated heterocycles. The van der Waals surface area contributed by atoms with Crippen LogP contribution in [0.1, 0.15) is 62.9 Å². The van der Waals surface area contributed by atoms with Gasteiger partial charge < -0.3 is 5.11 Å². The van der Waals surface area contributed by atoms with Crippen molar-refractivity contribution in [3.63, 3.8) is 0 Å². The van der Waals surface area contributed by atoms with Crippen LogP contribution in [-0.4, -0.2) is 21.6 Å². The number of carbonyl (C=O) groups excluding carboxylic acids is 1. The van der Waals surface area contributed by atoms with Crippen LogP contribution in [0, 0.1) is 5.92 Å². The van der Waals surface area contributed by atoms with Crippen LogP contribution < -0.4 is 0 Å². The largest absolute Gasteiger partial charge is 0.481 e. The third-order valence-corrected chi connectivity index (χ3v) is 4.66. The summed E-state index contributed by atoms with van der Waals surface area (Å²) in [7, 11) is 0. The molecule has 0 bridgehead atoms. The number of carboxylic acids is 1. The summed E-state index contributed by atoms with van der Waals surface area (Å²) < 4.78 is 1.76. The van der Waals surface area contributed by atoms with Gasteiger partial charge in [0.15, 0.2) is 0 Å². The summed E-state index contributed by atoms with van der Waals surface area (Å²) >= 11 is 6.09. The average Bonchev–Trinajstić information content (AvgIpc) is 2.87. The summed E-state index contributed by atoms with van der Waals surface area (Å²) in [6, 6.07) is 7.56. The van der Waals surface area contributed by atoms with Gasteiger partial charge in [-0.25, -0.2) is 0 Å². The molecule has 0 amide bonds. The van der Waals surface area contributed by atoms with Gasteiger partial charge in [0.1, 0.15) is 0 Å². The molecule has 5 heteroatoms. The fourth-order valence-electron chi connectivity index (χ4n) is 3.21. The number of unbranched alkanes of at least 4 members (excludes halogenated alkanes) is 3. The van der Waals surface area contributed by atoms with Crippen LogP contribution in [0.2, 0.25) is 5.02 Å². The Kier molecular flexibility index (Phi) is 7.06. The quantitative estimate of drug-likeness (QED) is 0.593. The lowest BCUT2D eigenvalue weighted by Crippen LogP contribution is -2.18. The molecule has 1 aromatic carbocycles. The topological polar surface area (TPSA) is 59.3 Å². The van der Waals surface area contributed by atoms with Crippen LogP contribution in [0.4, 0.5) is 0 Å². The van der Waals surface area contributed by atoms with Gasteiger partial charge in [-0.05, 0) is 43.0 Å². The number of hydrogen-bond donors (Lipinski definition) is 1. The van der Waals surface area contributed by atoms with Gasteiger partial charge in [0, 0.05) is 28.9 Å². The number of benzene rings is 1. The van der Waals surface area contributed by atoms with Crippen molar-refractivity contribution in [2.45, 2.75) is 58.8 Å². The molecule has 2 rings (SSSR count). The summed E-state index contributed by atoms with van der Waals surface area (Å²) in [4.78, 5) is 23.7. The number of nitrogens with zero attached hydrogens (tertiary/aromatic N) is 1. The molecule has 1 atom stereocenters. The highest BCUT2D eigenvalue weighted by molar-refractivity contribution is 6.31. The van der Waals surface area contributed by atoms with Crippen molar-refractivity contribution in [3.8, 4) is 0 Å². The first-order valence-corrected chi connectivity index (χ1v) is 9.35. The second kappa shape index (κ2) is 9.04. The number of carbonyl (C=O) groups is 2. The van der Waals surface area contributed by atoms with E-state index in [0.717, 1.165) is 35.9 Å². The van der Waals surface area contributed by atoms with E-state index < -0.39 is 5.97 Å². The molecule has 0 aliphatic rings. The molecule has 0 saturated carbocycles. The maximum Gasteiger partial charge on any atom is 0.303 e. The van der Waals surface area contributed by atoms with Gasteiger partial charge >= 0.3 is 5.97 Å².